The number of aromatic nitrogens is 1. The Bertz CT molecular complexity index is 464. The molecule has 2 rings (SSSR count). The van der Waals surface area contributed by atoms with Crippen LogP contribution in [-0.4, -0.2) is 35.8 Å². The normalized spacial score (nSPS) is 15.4. The zero-order valence-corrected chi connectivity index (χ0v) is 13.9. The number of pyridine rings is 1. The van der Waals surface area contributed by atoms with Crippen molar-refractivity contribution in [3.8, 4) is 0 Å². The highest BCUT2D eigenvalue weighted by Crippen LogP contribution is 2.35. The van der Waals surface area contributed by atoms with Crippen LogP contribution in [-0.2, 0) is 0 Å². The van der Waals surface area contributed by atoms with Gasteiger partial charge in [0, 0.05) is 19.1 Å². The Hall–Kier alpha value is -0.710. The van der Waals surface area contributed by atoms with Gasteiger partial charge in [-0.25, -0.2) is 4.98 Å². The molecular formula is C15H23Cl2N3O. The molecule has 4 nitrogen and oxygen atoms in total. The van der Waals surface area contributed by atoms with Crippen molar-refractivity contribution in [3.63, 3.8) is 0 Å². The van der Waals surface area contributed by atoms with Crippen molar-refractivity contribution in [2.24, 2.45) is 0 Å². The minimum absolute atomic E-state index is 0.0921. The molecule has 2 N–H and O–H groups in total. The van der Waals surface area contributed by atoms with Gasteiger partial charge in [-0.3, -0.25) is 0 Å². The van der Waals surface area contributed by atoms with Crippen LogP contribution in [0, 0.1) is 0 Å². The van der Waals surface area contributed by atoms with Crippen molar-refractivity contribution >= 4 is 34.8 Å². The van der Waals surface area contributed by atoms with Crippen LogP contribution in [0.2, 0.25) is 10.0 Å². The van der Waals surface area contributed by atoms with Crippen LogP contribution in [0.25, 0.3) is 0 Å². The predicted octanol–water partition coefficient (Wildman–Crippen LogP) is 3.95. The number of anilines is 2. The summed E-state index contributed by atoms with van der Waals surface area (Å²) in [6.07, 6.45) is 5.69. The van der Waals surface area contributed by atoms with E-state index in [0.29, 0.717) is 28.4 Å². The Morgan fingerprint density at radius 1 is 1.33 bits per heavy atom. The lowest BCUT2D eigenvalue weighted by Crippen LogP contribution is -2.36. The Kier molecular flexibility index (Phi) is 6.40. The number of nitrogens with one attached hydrogen (secondary N) is 1. The second kappa shape index (κ2) is 8.06. The number of hydrogen-bond donors (Lipinski definition) is 2. The van der Waals surface area contributed by atoms with Crippen LogP contribution in [0.4, 0.5) is 11.6 Å². The monoisotopic (exact) mass is 331 g/mol. The van der Waals surface area contributed by atoms with Crippen molar-refractivity contribution < 1.29 is 5.11 Å². The van der Waals surface area contributed by atoms with Gasteiger partial charge in [0.1, 0.15) is 11.6 Å². The van der Waals surface area contributed by atoms with Crippen molar-refractivity contribution in [2.45, 2.75) is 45.1 Å². The first-order valence-corrected chi connectivity index (χ1v) is 8.40. The van der Waals surface area contributed by atoms with E-state index in [9.17, 15) is 5.11 Å². The molecule has 6 heteroatoms. The maximum Gasteiger partial charge on any atom is 0.150 e. The van der Waals surface area contributed by atoms with Crippen LogP contribution in [0.15, 0.2) is 6.07 Å². The summed E-state index contributed by atoms with van der Waals surface area (Å²) >= 11 is 12.5. The number of hydrogen-bond acceptors (Lipinski definition) is 4. The van der Waals surface area contributed by atoms with Crippen LogP contribution in [0.5, 0.6) is 0 Å². The molecule has 0 bridgehead atoms. The SMILES string of the molecule is CCCNc1nc(N(CCO)C2CCCC2)c(Cl)cc1Cl. The third kappa shape index (κ3) is 4.15. The molecule has 0 spiro atoms. The van der Waals surface area contributed by atoms with Gasteiger partial charge in [-0.15, -0.1) is 0 Å². The third-order valence-corrected chi connectivity index (χ3v) is 4.40. The molecule has 0 atom stereocenters. The number of halogens is 2. The van der Waals surface area contributed by atoms with Crippen molar-refractivity contribution in [3.05, 3.63) is 16.1 Å². The third-order valence-electron chi connectivity index (χ3n) is 3.83. The first-order valence-electron chi connectivity index (χ1n) is 7.64. The molecule has 1 aromatic heterocycles. The average Bonchev–Trinajstić information content (AvgIpc) is 2.98. The van der Waals surface area contributed by atoms with E-state index in [0.717, 1.165) is 31.6 Å². The summed E-state index contributed by atoms with van der Waals surface area (Å²) in [4.78, 5) is 6.74. The summed E-state index contributed by atoms with van der Waals surface area (Å²) in [5.74, 6) is 1.39. The summed E-state index contributed by atoms with van der Waals surface area (Å²) < 4.78 is 0. The molecule has 0 amide bonds. The number of nitrogens with zero attached hydrogens (tertiary/aromatic N) is 2. The van der Waals surface area contributed by atoms with E-state index in [2.05, 4.69) is 22.1 Å². The summed E-state index contributed by atoms with van der Waals surface area (Å²) in [5, 5.41) is 13.7. The van der Waals surface area contributed by atoms with Gasteiger partial charge >= 0.3 is 0 Å². The van der Waals surface area contributed by atoms with E-state index in [-0.39, 0.29) is 6.61 Å². The minimum Gasteiger partial charge on any atom is -0.395 e. The van der Waals surface area contributed by atoms with Crippen molar-refractivity contribution in [1.82, 2.24) is 4.98 Å². The summed E-state index contributed by atoms with van der Waals surface area (Å²) in [5.41, 5.74) is 0. The molecule has 0 aromatic carbocycles. The summed E-state index contributed by atoms with van der Waals surface area (Å²) in [7, 11) is 0. The lowest BCUT2D eigenvalue weighted by Gasteiger charge is -2.30. The first-order chi connectivity index (χ1) is 10.2. The standard InChI is InChI=1S/C15H23Cl2N3O/c1-2-7-18-14-12(16)10-13(17)15(19-14)20(8-9-21)11-5-3-4-6-11/h10-11,21H,2-9H2,1H3,(H,18,19). The molecular weight excluding hydrogens is 309 g/mol. The summed E-state index contributed by atoms with van der Waals surface area (Å²) in [6, 6.07) is 2.14. The molecule has 1 aliphatic carbocycles. The summed E-state index contributed by atoms with van der Waals surface area (Å²) in [6.45, 7) is 3.55. The quantitative estimate of drug-likeness (QED) is 0.794. The van der Waals surface area contributed by atoms with E-state index in [1.807, 2.05) is 0 Å². The molecule has 1 fully saturated rings. The second-order valence-corrected chi connectivity index (χ2v) is 6.22. The molecule has 0 saturated heterocycles. The molecule has 1 saturated carbocycles. The highest BCUT2D eigenvalue weighted by molar-refractivity contribution is 6.37. The number of rotatable bonds is 7. The van der Waals surface area contributed by atoms with Gasteiger partial charge in [-0.05, 0) is 25.3 Å². The maximum atomic E-state index is 9.36. The Morgan fingerprint density at radius 2 is 2.05 bits per heavy atom. The van der Waals surface area contributed by atoms with Crippen LogP contribution in [0.3, 0.4) is 0 Å². The highest BCUT2D eigenvalue weighted by Gasteiger charge is 2.25. The predicted molar refractivity (Wildman–Crippen MR) is 89.7 cm³/mol. The topological polar surface area (TPSA) is 48.4 Å². The molecule has 21 heavy (non-hydrogen) atoms. The lowest BCUT2D eigenvalue weighted by atomic mass is 10.2. The molecule has 0 unspecified atom stereocenters. The smallest absolute Gasteiger partial charge is 0.150 e. The molecule has 0 aliphatic heterocycles. The largest absolute Gasteiger partial charge is 0.395 e. The van der Waals surface area contributed by atoms with Gasteiger partial charge in [0.25, 0.3) is 0 Å². The van der Waals surface area contributed by atoms with E-state index in [1.54, 1.807) is 6.07 Å². The van der Waals surface area contributed by atoms with Gasteiger partial charge in [0.15, 0.2) is 0 Å². The van der Waals surface area contributed by atoms with Gasteiger partial charge in [0.05, 0.1) is 16.7 Å². The van der Waals surface area contributed by atoms with E-state index >= 15 is 0 Å². The van der Waals surface area contributed by atoms with Crippen LogP contribution < -0.4 is 10.2 Å². The van der Waals surface area contributed by atoms with E-state index in [4.69, 9.17) is 23.2 Å². The maximum absolute atomic E-state index is 9.36. The van der Waals surface area contributed by atoms with Crippen molar-refractivity contribution in [1.29, 1.82) is 0 Å². The van der Waals surface area contributed by atoms with Gasteiger partial charge in [0.2, 0.25) is 0 Å². The highest BCUT2D eigenvalue weighted by atomic mass is 35.5. The zero-order valence-electron chi connectivity index (χ0n) is 12.4. The fourth-order valence-corrected chi connectivity index (χ4v) is 3.34. The van der Waals surface area contributed by atoms with Crippen molar-refractivity contribution in [2.75, 3.05) is 29.9 Å². The van der Waals surface area contributed by atoms with Crippen LogP contribution >= 0.6 is 23.2 Å². The first kappa shape index (κ1) is 16.7. The molecule has 1 heterocycles. The molecule has 0 radical (unpaired) electrons. The Morgan fingerprint density at radius 3 is 2.67 bits per heavy atom. The van der Waals surface area contributed by atoms with E-state index in [1.165, 1.54) is 12.8 Å². The molecule has 1 aromatic rings. The fourth-order valence-electron chi connectivity index (χ4n) is 2.81. The minimum atomic E-state index is 0.0921. The number of aliphatic hydroxyl groups excluding tert-OH is 1. The second-order valence-electron chi connectivity index (χ2n) is 5.41. The average molecular weight is 332 g/mol. The zero-order chi connectivity index (χ0) is 15.2. The van der Waals surface area contributed by atoms with Gasteiger partial charge in [-0.2, -0.15) is 0 Å². The van der Waals surface area contributed by atoms with Gasteiger partial charge in [-0.1, -0.05) is 43.0 Å². The van der Waals surface area contributed by atoms with E-state index < -0.39 is 0 Å². The molecule has 118 valence electrons. The lowest BCUT2D eigenvalue weighted by molar-refractivity contribution is 0.297. The fraction of sp³-hybridized carbons (Fsp3) is 0.667. The molecule has 1 aliphatic rings. The van der Waals surface area contributed by atoms with Gasteiger partial charge < -0.3 is 15.3 Å². The Labute approximate surface area is 136 Å². The van der Waals surface area contributed by atoms with Crippen LogP contribution in [0.1, 0.15) is 39.0 Å². The Balaban J connectivity index is 2.29. The number of aliphatic hydroxyl groups is 1.